The van der Waals surface area contributed by atoms with Gasteiger partial charge in [0, 0.05) is 24.6 Å². The van der Waals surface area contributed by atoms with Crippen LogP contribution in [0, 0.1) is 0 Å². The lowest BCUT2D eigenvalue weighted by atomic mass is 10.2. The van der Waals surface area contributed by atoms with Gasteiger partial charge in [0.2, 0.25) is 0 Å². The number of hydrogen-bond donors (Lipinski definition) is 1. The van der Waals surface area contributed by atoms with Crippen molar-refractivity contribution in [3.05, 3.63) is 24.5 Å². The first-order valence-corrected chi connectivity index (χ1v) is 5.24. The molecular weight excluding hydrogens is 210 g/mol. The van der Waals surface area contributed by atoms with Crippen LogP contribution in [0.4, 0.5) is 5.69 Å². The van der Waals surface area contributed by atoms with Crippen LogP contribution in [-0.4, -0.2) is 35.8 Å². The van der Waals surface area contributed by atoms with Gasteiger partial charge in [-0.3, -0.25) is 4.98 Å². The van der Waals surface area contributed by atoms with Crippen LogP contribution >= 0.6 is 12.2 Å². The summed E-state index contributed by atoms with van der Waals surface area (Å²) in [6.07, 6.45) is 3.42. The molecule has 0 radical (unpaired) electrons. The van der Waals surface area contributed by atoms with Crippen molar-refractivity contribution in [1.82, 2.24) is 4.98 Å². The molecule has 2 rings (SSSR count). The van der Waals surface area contributed by atoms with E-state index in [1.807, 2.05) is 12.1 Å². The number of pyridine rings is 1. The zero-order valence-corrected chi connectivity index (χ0v) is 9.11. The third-order valence-corrected chi connectivity index (χ3v) is 2.67. The number of morpholine rings is 1. The zero-order valence-electron chi connectivity index (χ0n) is 8.30. The Hall–Kier alpha value is -1.20. The Balaban J connectivity index is 2.08. The number of anilines is 1. The molecule has 1 aliphatic heterocycles. The molecule has 1 unspecified atom stereocenters. The van der Waals surface area contributed by atoms with E-state index in [4.69, 9.17) is 22.7 Å². The number of nitrogens with zero attached hydrogens (tertiary/aromatic N) is 2. The molecule has 0 aromatic carbocycles. The highest BCUT2D eigenvalue weighted by atomic mass is 32.1. The Morgan fingerprint density at radius 3 is 2.93 bits per heavy atom. The second-order valence-corrected chi connectivity index (χ2v) is 3.88. The lowest BCUT2D eigenvalue weighted by Gasteiger charge is -2.33. The summed E-state index contributed by atoms with van der Waals surface area (Å²) in [4.78, 5) is 6.61. The lowest BCUT2D eigenvalue weighted by molar-refractivity contribution is 0.0847. The van der Waals surface area contributed by atoms with Gasteiger partial charge in [-0.2, -0.15) is 0 Å². The highest BCUT2D eigenvalue weighted by Gasteiger charge is 2.22. The molecule has 5 heteroatoms. The van der Waals surface area contributed by atoms with E-state index in [1.165, 1.54) is 0 Å². The summed E-state index contributed by atoms with van der Waals surface area (Å²) in [5.41, 5.74) is 6.71. The number of rotatable bonds is 2. The Kier molecular flexibility index (Phi) is 3.13. The fourth-order valence-electron chi connectivity index (χ4n) is 1.61. The van der Waals surface area contributed by atoms with Crippen molar-refractivity contribution in [2.45, 2.75) is 6.10 Å². The number of thiocarbonyl (C=S) groups is 1. The van der Waals surface area contributed by atoms with Crippen LogP contribution < -0.4 is 10.6 Å². The van der Waals surface area contributed by atoms with Crippen molar-refractivity contribution in [1.29, 1.82) is 0 Å². The van der Waals surface area contributed by atoms with Gasteiger partial charge in [0.05, 0.1) is 13.2 Å². The third-order valence-electron chi connectivity index (χ3n) is 2.41. The zero-order chi connectivity index (χ0) is 10.7. The van der Waals surface area contributed by atoms with Crippen molar-refractivity contribution in [2.75, 3.05) is 24.6 Å². The molecule has 15 heavy (non-hydrogen) atoms. The van der Waals surface area contributed by atoms with E-state index < -0.39 is 0 Å². The highest BCUT2D eigenvalue weighted by molar-refractivity contribution is 7.80. The van der Waals surface area contributed by atoms with Crippen LogP contribution in [0.1, 0.15) is 0 Å². The summed E-state index contributed by atoms with van der Waals surface area (Å²) in [6, 6.07) is 3.95. The number of nitrogens with two attached hydrogens (primary N) is 1. The largest absolute Gasteiger partial charge is 0.391 e. The van der Waals surface area contributed by atoms with Crippen LogP contribution in [-0.2, 0) is 4.74 Å². The smallest absolute Gasteiger partial charge is 0.125 e. The molecule has 0 spiro atoms. The van der Waals surface area contributed by atoms with E-state index in [0.717, 1.165) is 18.8 Å². The predicted octanol–water partition coefficient (Wildman–Crippen LogP) is 0.573. The van der Waals surface area contributed by atoms with E-state index in [0.29, 0.717) is 11.6 Å². The average molecular weight is 223 g/mol. The van der Waals surface area contributed by atoms with Gasteiger partial charge >= 0.3 is 0 Å². The normalized spacial score (nSPS) is 21.3. The van der Waals surface area contributed by atoms with Crippen molar-refractivity contribution in [3.8, 4) is 0 Å². The van der Waals surface area contributed by atoms with Gasteiger partial charge in [0.15, 0.2) is 0 Å². The van der Waals surface area contributed by atoms with Gasteiger partial charge in [-0.1, -0.05) is 12.2 Å². The van der Waals surface area contributed by atoms with Gasteiger partial charge in [-0.15, -0.1) is 0 Å². The van der Waals surface area contributed by atoms with Crippen molar-refractivity contribution in [3.63, 3.8) is 0 Å². The molecule has 2 heterocycles. The van der Waals surface area contributed by atoms with Crippen LogP contribution in [0.2, 0.25) is 0 Å². The fourth-order valence-corrected chi connectivity index (χ4v) is 1.75. The maximum Gasteiger partial charge on any atom is 0.125 e. The maximum absolute atomic E-state index is 5.57. The van der Waals surface area contributed by atoms with Crippen molar-refractivity contribution in [2.24, 2.45) is 5.73 Å². The number of ether oxygens (including phenoxy) is 1. The predicted molar refractivity (Wildman–Crippen MR) is 63.0 cm³/mol. The number of hydrogen-bond acceptors (Lipinski definition) is 4. The first-order valence-electron chi connectivity index (χ1n) is 4.83. The minimum absolute atomic E-state index is 0.137. The van der Waals surface area contributed by atoms with Crippen LogP contribution in [0.25, 0.3) is 0 Å². The Bertz CT molecular complexity index is 344. The molecule has 4 nitrogen and oxygen atoms in total. The van der Waals surface area contributed by atoms with Gasteiger partial charge in [0.25, 0.3) is 0 Å². The Morgan fingerprint density at radius 1 is 1.53 bits per heavy atom. The fraction of sp³-hybridized carbons (Fsp3) is 0.400. The molecule has 0 bridgehead atoms. The Labute approximate surface area is 94.0 Å². The second-order valence-electron chi connectivity index (χ2n) is 3.41. The van der Waals surface area contributed by atoms with Gasteiger partial charge in [-0.05, 0) is 12.1 Å². The summed E-state index contributed by atoms with van der Waals surface area (Å²) >= 11 is 4.93. The van der Waals surface area contributed by atoms with E-state index in [2.05, 4.69) is 9.88 Å². The van der Waals surface area contributed by atoms with Crippen LogP contribution in [0.15, 0.2) is 24.5 Å². The molecule has 1 aromatic rings. The molecule has 1 aliphatic rings. The molecule has 1 saturated heterocycles. The molecule has 0 amide bonds. The summed E-state index contributed by atoms with van der Waals surface area (Å²) in [5.74, 6) is 0. The van der Waals surface area contributed by atoms with Crippen LogP contribution in [0.5, 0.6) is 0 Å². The molecule has 2 N–H and O–H groups in total. The molecule has 1 fully saturated rings. The van der Waals surface area contributed by atoms with Crippen molar-refractivity contribution >= 4 is 22.9 Å². The highest BCUT2D eigenvalue weighted by Crippen LogP contribution is 2.16. The minimum atomic E-state index is -0.137. The first-order chi connectivity index (χ1) is 7.27. The van der Waals surface area contributed by atoms with Crippen molar-refractivity contribution < 1.29 is 4.74 Å². The summed E-state index contributed by atoms with van der Waals surface area (Å²) in [6.45, 7) is 2.24. The summed E-state index contributed by atoms with van der Waals surface area (Å²) in [7, 11) is 0. The number of aromatic nitrogens is 1. The van der Waals surface area contributed by atoms with Gasteiger partial charge in [-0.25, -0.2) is 0 Å². The quantitative estimate of drug-likeness (QED) is 0.743. The molecule has 1 atom stereocenters. The molecule has 0 aliphatic carbocycles. The SMILES string of the molecule is NC(=S)C1CN(c2ccncc2)CCO1. The molecule has 1 aromatic heterocycles. The Morgan fingerprint density at radius 2 is 2.27 bits per heavy atom. The topological polar surface area (TPSA) is 51.4 Å². The second kappa shape index (κ2) is 4.55. The minimum Gasteiger partial charge on any atom is -0.391 e. The molecule has 0 saturated carbocycles. The summed E-state index contributed by atoms with van der Waals surface area (Å²) < 4.78 is 5.47. The maximum atomic E-state index is 5.57. The first kappa shape index (κ1) is 10.3. The van der Waals surface area contributed by atoms with Gasteiger partial charge < -0.3 is 15.4 Å². The van der Waals surface area contributed by atoms with E-state index >= 15 is 0 Å². The molecular formula is C10H13N3OS. The monoisotopic (exact) mass is 223 g/mol. The van der Waals surface area contributed by atoms with E-state index in [-0.39, 0.29) is 6.10 Å². The average Bonchev–Trinajstić information content (AvgIpc) is 2.30. The summed E-state index contributed by atoms with van der Waals surface area (Å²) in [5, 5.41) is 0. The van der Waals surface area contributed by atoms with Gasteiger partial charge in [0.1, 0.15) is 11.1 Å². The van der Waals surface area contributed by atoms with E-state index in [9.17, 15) is 0 Å². The van der Waals surface area contributed by atoms with E-state index in [1.54, 1.807) is 12.4 Å². The lowest BCUT2D eigenvalue weighted by Crippen LogP contribution is -2.47. The third kappa shape index (κ3) is 2.43. The standard InChI is InChI=1S/C10H13N3OS/c11-10(15)9-7-13(5-6-14-9)8-1-3-12-4-2-8/h1-4,9H,5-7H2,(H2,11,15). The molecule has 80 valence electrons. The van der Waals surface area contributed by atoms with Crippen LogP contribution in [0.3, 0.4) is 0 Å².